The first-order valence-corrected chi connectivity index (χ1v) is 11.3. The minimum atomic E-state index is -5.22. The van der Waals surface area contributed by atoms with Crippen molar-refractivity contribution in [3.05, 3.63) is 92.5 Å². The Morgan fingerprint density at radius 3 is 2.46 bits per heavy atom. The summed E-state index contributed by atoms with van der Waals surface area (Å²) in [5, 5.41) is 15.6. The number of amides is 3. The van der Waals surface area contributed by atoms with E-state index in [0.29, 0.717) is 11.0 Å². The summed E-state index contributed by atoms with van der Waals surface area (Å²) >= 11 is 12.4. The van der Waals surface area contributed by atoms with Gasteiger partial charge in [-0.1, -0.05) is 23.2 Å². The number of anilines is 2. The molecule has 3 aromatic carbocycles. The molecule has 2 aliphatic rings. The molecule has 2 atom stereocenters. The molecule has 3 aromatic rings. The first-order chi connectivity index (χ1) is 17.3. The Morgan fingerprint density at radius 1 is 1.08 bits per heavy atom. The maximum atomic E-state index is 14.0. The van der Waals surface area contributed by atoms with E-state index in [4.69, 9.17) is 23.2 Å². The zero-order valence-corrected chi connectivity index (χ0v) is 19.8. The molecule has 0 radical (unpaired) electrons. The first-order valence-electron chi connectivity index (χ1n) is 10.6. The predicted octanol–water partition coefficient (Wildman–Crippen LogP) is 5.91. The molecule has 0 spiro atoms. The molecule has 6 nitrogen and oxygen atoms in total. The standard InChI is InChI=1S/C24H14Cl2F5N3O3/c25-10-5-14-19(20(33-21(14)35)13-7-11(27)1-3-16(13)26)17(6-10)32-22(36)34-9-23(37,24(29,30)31)15-8-12(28)2-4-18(15)34/h1-8,20,37H,9H2,(H,32,36)(H,33,35). The number of hydrogen-bond donors (Lipinski definition) is 3. The number of β-amino-alcohol motifs (C(OH)–C–C–N with tert-alkyl or cyclic N) is 1. The predicted molar refractivity (Wildman–Crippen MR) is 125 cm³/mol. The van der Waals surface area contributed by atoms with Gasteiger partial charge in [-0.2, -0.15) is 13.2 Å². The Hall–Kier alpha value is -3.41. The molecular weight excluding hydrogens is 544 g/mol. The number of nitrogens with one attached hydrogen (secondary N) is 2. The molecule has 0 bridgehead atoms. The molecule has 0 saturated carbocycles. The topological polar surface area (TPSA) is 81.7 Å². The second-order valence-corrected chi connectivity index (χ2v) is 9.37. The van der Waals surface area contributed by atoms with Crippen molar-refractivity contribution in [2.24, 2.45) is 0 Å². The molecule has 0 aromatic heterocycles. The van der Waals surface area contributed by atoms with Gasteiger partial charge in [0.15, 0.2) is 0 Å². The number of hydrogen-bond acceptors (Lipinski definition) is 3. The van der Waals surface area contributed by atoms with Gasteiger partial charge in [0.2, 0.25) is 5.60 Å². The second-order valence-electron chi connectivity index (χ2n) is 8.52. The highest BCUT2D eigenvalue weighted by atomic mass is 35.5. The highest BCUT2D eigenvalue weighted by Gasteiger charge is 2.61. The van der Waals surface area contributed by atoms with Gasteiger partial charge >= 0.3 is 12.2 Å². The molecular formula is C24H14Cl2F5N3O3. The van der Waals surface area contributed by atoms with Crippen LogP contribution in [0.5, 0.6) is 0 Å². The van der Waals surface area contributed by atoms with Crippen molar-refractivity contribution >= 4 is 46.5 Å². The molecule has 0 aliphatic carbocycles. The third-order valence-electron chi connectivity index (χ3n) is 6.26. The smallest absolute Gasteiger partial charge is 0.375 e. The fourth-order valence-electron chi connectivity index (χ4n) is 4.55. The van der Waals surface area contributed by atoms with Crippen LogP contribution in [0.25, 0.3) is 0 Å². The highest BCUT2D eigenvalue weighted by Crippen LogP contribution is 2.49. The van der Waals surface area contributed by atoms with Gasteiger partial charge in [-0.05, 0) is 48.5 Å². The van der Waals surface area contributed by atoms with Crippen molar-refractivity contribution < 1.29 is 36.6 Å². The molecule has 192 valence electrons. The van der Waals surface area contributed by atoms with Crippen molar-refractivity contribution in [2.45, 2.75) is 17.8 Å². The molecule has 13 heteroatoms. The summed E-state index contributed by atoms with van der Waals surface area (Å²) in [7, 11) is 0. The lowest BCUT2D eigenvalue weighted by Crippen LogP contribution is -2.48. The van der Waals surface area contributed by atoms with Crippen LogP contribution in [-0.2, 0) is 5.60 Å². The lowest BCUT2D eigenvalue weighted by Gasteiger charge is -2.27. The fourth-order valence-corrected chi connectivity index (χ4v) is 5.00. The minimum Gasteiger partial charge on any atom is -0.375 e. The quantitative estimate of drug-likeness (QED) is 0.343. The Labute approximate surface area is 215 Å². The molecule has 37 heavy (non-hydrogen) atoms. The molecule has 0 saturated heterocycles. The van der Waals surface area contributed by atoms with Gasteiger partial charge in [0, 0.05) is 32.3 Å². The normalized spacial score (nSPS) is 20.5. The summed E-state index contributed by atoms with van der Waals surface area (Å²) in [4.78, 5) is 26.5. The number of fused-ring (bicyclic) bond motifs is 2. The van der Waals surface area contributed by atoms with Crippen LogP contribution >= 0.6 is 23.2 Å². The van der Waals surface area contributed by atoms with E-state index in [9.17, 15) is 36.6 Å². The number of urea groups is 1. The van der Waals surface area contributed by atoms with Gasteiger partial charge in [-0.3, -0.25) is 9.69 Å². The molecule has 0 fully saturated rings. The molecule has 2 unspecified atom stereocenters. The van der Waals surface area contributed by atoms with Gasteiger partial charge in [-0.15, -0.1) is 0 Å². The molecule has 3 N–H and O–H groups in total. The maximum absolute atomic E-state index is 14.0. The Morgan fingerprint density at radius 2 is 1.76 bits per heavy atom. The van der Waals surface area contributed by atoms with E-state index in [0.717, 1.165) is 24.3 Å². The van der Waals surface area contributed by atoms with Crippen molar-refractivity contribution in [1.82, 2.24) is 5.32 Å². The van der Waals surface area contributed by atoms with Gasteiger partial charge in [0.1, 0.15) is 11.6 Å². The minimum absolute atomic E-state index is 0.0193. The number of carbonyl (C=O) groups excluding carboxylic acids is 2. The van der Waals surface area contributed by atoms with E-state index < -0.39 is 53.5 Å². The number of rotatable bonds is 2. The highest BCUT2D eigenvalue weighted by molar-refractivity contribution is 6.32. The molecule has 5 rings (SSSR count). The van der Waals surface area contributed by atoms with Crippen molar-refractivity contribution in [3.8, 4) is 0 Å². The van der Waals surface area contributed by atoms with Crippen LogP contribution in [0.2, 0.25) is 10.0 Å². The lowest BCUT2D eigenvalue weighted by molar-refractivity contribution is -0.258. The molecule has 2 aliphatic heterocycles. The van der Waals surface area contributed by atoms with Crippen molar-refractivity contribution in [3.63, 3.8) is 0 Å². The average Bonchev–Trinajstić information content (AvgIpc) is 3.30. The van der Waals surface area contributed by atoms with Crippen LogP contribution in [0.4, 0.5) is 38.1 Å². The Bertz CT molecular complexity index is 1480. The number of aliphatic hydroxyl groups is 1. The van der Waals surface area contributed by atoms with Crippen LogP contribution in [0.1, 0.15) is 33.1 Å². The first kappa shape index (κ1) is 25.2. The van der Waals surface area contributed by atoms with Crippen molar-refractivity contribution in [2.75, 3.05) is 16.8 Å². The van der Waals surface area contributed by atoms with Crippen LogP contribution in [0.3, 0.4) is 0 Å². The third-order valence-corrected chi connectivity index (χ3v) is 6.82. The number of carbonyl (C=O) groups is 2. The van der Waals surface area contributed by atoms with Crippen molar-refractivity contribution in [1.29, 1.82) is 0 Å². The zero-order valence-electron chi connectivity index (χ0n) is 18.3. The van der Waals surface area contributed by atoms with E-state index in [1.54, 1.807) is 0 Å². The summed E-state index contributed by atoms with van der Waals surface area (Å²) in [5.41, 5.74) is -4.43. The van der Waals surface area contributed by atoms with E-state index in [1.807, 2.05) is 0 Å². The number of alkyl halides is 3. The van der Waals surface area contributed by atoms with E-state index in [-0.39, 0.29) is 38.1 Å². The summed E-state index contributed by atoms with van der Waals surface area (Å²) in [6, 6.07) is 6.22. The molecule has 3 amide bonds. The fraction of sp³-hybridized carbons (Fsp3) is 0.167. The molecule has 2 heterocycles. The van der Waals surface area contributed by atoms with Crippen LogP contribution in [-0.4, -0.2) is 29.8 Å². The van der Waals surface area contributed by atoms with Gasteiger partial charge < -0.3 is 15.7 Å². The number of nitrogens with zero attached hydrogens (tertiary/aromatic N) is 1. The van der Waals surface area contributed by atoms with Crippen LogP contribution in [0.15, 0.2) is 48.5 Å². The third kappa shape index (κ3) is 4.07. The zero-order chi connectivity index (χ0) is 26.9. The Kier molecular flexibility index (Phi) is 5.85. The van der Waals surface area contributed by atoms with Crippen LogP contribution in [0, 0.1) is 11.6 Å². The average molecular weight is 558 g/mol. The van der Waals surface area contributed by atoms with Gasteiger partial charge in [0.05, 0.1) is 24.0 Å². The SMILES string of the molecule is O=C1NC(c2cc(F)ccc2Cl)c2c(NC(=O)N3CC(O)(C(F)(F)F)c4cc(F)ccc43)cc(Cl)cc21. The van der Waals surface area contributed by atoms with Gasteiger partial charge in [0.25, 0.3) is 5.91 Å². The van der Waals surface area contributed by atoms with E-state index in [1.165, 1.54) is 18.2 Å². The van der Waals surface area contributed by atoms with E-state index in [2.05, 4.69) is 10.6 Å². The number of benzene rings is 3. The summed E-state index contributed by atoms with van der Waals surface area (Å²) < 4.78 is 69.1. The summed E-state index contributed by atoms with van der Waals surface area (Å²) in [6.07, 6.45) is -5.22. The van der Waals surface area contributed by atoms with E-state index >= 15 is 0 Å². The largest absolute Gasteiger partial charge is 0.423 e. The summed E-state index contributed by atoms with van der Waals surface area (Å²) in [5.74, 6) is -2.28. The summed E-state index contributed by atoms with van der Waals surface area (Å²) in [6.45, 7) is -1.25. The van der Waals surface area contributed by atoms with Crippen LogP contribution < -0.4 is 15.5 Å². The monoisotopic (exact) mass is 557 g/mol. The number of halogens is 7. The van der Waals surface area contributed by atoms with Gasteiger partial charge in [-0.25, -0.2) is 13.6 Å². The Balaban J connectivity index is 1.57. The maximum Gasteiger partial charge on any atom is 0.423 e. The lowest BCUT2D eigenvalue weighted by atomic mass is 9.95. The second kappa shape index (κ2) is 8.57.